The average molecular weight is 268 g/mol. The van der Waals surface area contributed by atoms with Gasteiger partial charge in [-0.25, -0.2) is 4.98 Å². The summed E-state index contributed by atoms with van der Waals surface area (Å²) in [6, 6.07) is 7.44. The molecule has 3 rings (SSSR count). The molecule has 2 aromatic rings. The number of rotatable bonds is 2. The Kier molecular flexibility index (Phi) is 3.33. The van der Waals surface area contributed by atoms with Gasteiger partial charge in [0, 0.05) is 25.1 Å². The Morgan fingerprint density at radius 2 is 2.05 bits per heavy atom. The summed E-state index contributed by atoms with van der Waals surface area (Å²) in [5.74, 6) is -0.0950. The van der Waals surface area contributed by atoms with Crippen LogP contribution in [0, 0.1) is 0 Å². The van der Waals surface area contributed by atoms with Crippen molar-refractivity contribution in [2.75, 3.05) is 12.3 Å². The number of likely N-dealkylation sites (tertiary alicyclic amines) is 1. The lowest BCUT2D eigenvalue weighted by Gasteiger charge is -2.25. The van der Waals surface area contributed by atoms with Crippen molar-refractivity contribution in [1.29, 1.82) is 0 Å². The number of pyridine rings is 2. The number of hydrogen-bond donors (Lipinski definition) is 1. The van der Waals surface area contributed by atoms with E-state index in [-0.39, 0.29) is 11.9 Å². The maximum Gasteiger partial charge on any atom is 0.275 e. The molecule has 1 amide bonds. The van der Waals surface area contributed by atoms with E-state index in [4.69, 9.17) is 5.73 Å². The molecule has 0 radical (unpaired) electrons. The highest BCUT2D eigenvalue weighted by Crippen LogP contribution is 2.33. The highest BCUT2D eigenvalue weighted by Gasteiger charge is 2.31. The van der Waals surface area contributed by atoms with E-state index in [1.54, 1.807) is 30.7 Å². The Bertz CT molecular complexity index is 614. The maximum absolute atomic E-state index is 12.6. The monoisotopic (exact) mass is 268 g/mol. The third-order valence-corrected chi connectivity index (χ3v) is 3.65. The molecule has 0 aliphatic carbocycles. The minimum absolute atomic E-state index is 0.0897. The third kappa shape index (κ3) is 2.22. The third-order valence-electron chi connectivity index (χ3n) is 3.65. The zero-order valence-corrected chi connectivity index (χ0v) is 11.1. The summed E-state index contributed by atoms with van der Waals surface area (Å²) in [6.45, 7) is 0.738. The lowest BCUT2D eigenvalue weighted by molar-refractivity contribution is 0.0731. The topological polar surface area (TPSA) is 72.1 Å². The summed E-state index contributed by atoms with van der Waals surface area (Å²) in [4.78, 5) is 22.6. The van der Waals surface area contributed by atoms with Crippen molar-refractivity contribution in [2.45, 2.75) is 18.9 Å². The molecule has 1 fully saturated rings. The molecule has 0 spiro atoms. The first-order chi connectivity index (χ1) is 9.77. The van der Waals surface area contributed by atoms with E-state index >= 15 is 0 Å². The number of hydrogen-bond acceptors (Lipinski definition) is 4. The van der Waals surface area contributed by atoms with Gasteiger partial charge in [-0.2, -0.15) is 0 Å². The number of anilines is 1. The quantitative estimate of drug-likeness (QED) is 0.904. The SMILES string of the molecule is Nc1cccnc1C(=O)N1CCCC1c1ccncc1. The van der Waals surface area contributed by atoms with Crippen LogP contribution >= 0.6 is 0 Å². The minimum Gasteiger partial charge on any atom is -0.397 e. The molecule has 0 aromatic carbocycles. The van der Waals surface area contributed by atoms with E-state index in [0.717, 1.165) is 24.9 Å². The molecule has 0 bridgehead atoms. The first kappa shape index (κ1) is 12.6. The fraction of sp³-hybridized carbons (Fsp3) is 0.267. The fourth-order valence-electron chi connectivity index (χ4n) is 2.67. The second-order valence-electron chi connectivity index (χ2n) is 4.88. The van der Waals surface area contributed by atoms with Crippen LogP contribution in [0.5, 0.6) is 0 Å². The van der Waals surface area contributed by atoms with Crippen molar-refractivity contribution in [3.63, 3.8) is 0 Å². The lowest BCUT2D eigenvalue weighted by atomic mass is 10.1. The van der Waals surface area contributed by atoms with Crippen molar-refractivity contribution >= 4 is 11.6 Å². The van der Waals surface area contributed by atoms with Gasteiger partial charge in [0.05, 0.1) is 11.7 Å². The molecule has 1 aliphatic rings. The number of nitrogens with two attached hydrogens (primary N) is 1. The van der Waals surface area contributed by atoms with Gasteiger partial charge in [0.2, 0.25) is 0 Å². The molecule has 0 saturated carbocycles. The van der Waals surface area contributed by atoms with Crippen molar-refractivity contribution < 1.29 is 4.79 Å². The highest BCUT2D eigenvalue weighted by atomic mass is 16.2. The summed E-state index contributed by atoms with van der Waals surface area (Å²) < 4.78 is 0. The standard InChI is InChI=1S/C15H16N4O/c16-12-3-1-7-18-14(12)15(20)19-10-2-4-13(19)11-5-8-17-9-6-11/h1,3,5-9,13H,2,4,10,16H2. The zero-order chi connectivity index (χ0) is 13.9. The normalized spacial score (nSPS) is 18.2. The van der Waals surface area contributed by atoms with Crippen molar-refractivity contribution in [1.82, 2.24) is 14.9 Å². The van der Waals surface area contributed by atoms with Crippen LogP contribution in [0.1, 0.15) is 34.9 Å². The molecule has 1 unspecified atom stereocenters. The van der Waals surface area contributed by atoms with Gasteiger partial charge in [0.15, 0.2) is 5.69 Å². The Morgan fingerprint density at radius 3 is 2.80 bits per heavy atom. The molecule has 102 valence electrons. The largest absolute Gasteiger partial charge is 0.397 e. The molecule has 2 aromatic heterocycles. The summed E-state index contributed by atoms with van der Waals surface area (Å²) in [6.07, 6.45) is 7.06. The Labute approximate surface area is 117 Å². The van der Waals surface area contributed by atoms with Crippen molar-refractivity contribution in [3.05, 3.63) is 54.1 Å². The van der Waals surface area contributed by atoms with E-state index in [9.17, 15) is 4.79 Å². The average Bonchev–Trinajstić information content (AvgIpc) is 2.97. The van der Waals surface area contributed by atoms with E-state index in [0.29, 0.717) is 11.4 Å². The van der Waals surface area contributed by atoms with Crippen LogP contribution < -0.4 is 5.73 Å². The van der Waals surface area contributed by atoms with Gasteiger partial charge in [-0.05, 0) is 42.7 Å². The Hall–Kier alpha value is -2.43. The number of nitrogen functional groups attached to an aromatic ring is 1. The smallest absolute Gasteiger partial charge is 0.275 e. The van der Waals surface area contributed by atoms with Crippen LogP contribution in [0.25, 0.3) is 0 Å². The van der Waals surface area contributed by atoms with Gasteiger partial charge in [-0.15, -0.1) is 0 Å². The molecule has 3 heterocycles. The molecule has 20 heavy (non-hydrogen) atoms. The Balaban J connectivity index is 1.90. The summed E-state index contributed by atoms with van der Waals surface area (Å²) in [7, 11) is 0. The van der Waals surface area contributed by atoms with E-state index in [1.807, 2.05) is 17.0 Å². The molecule has 1 aliphatic heterocycles. The molecule has 5 nitrogen and oxygen atoms in total. The number of nitrogens with zero attached hydrogens (tertiary/aromatic N) is 3. The summed E-state index contributed by atoms with van der Waals surface area (Å²) in [5.41, 5.74) is 7.73. The fourth-order valence-corrected chi connectivity index (χ4v) is 2.67. The van der Waals surface area contributed by atoms with Crippen LogP contribution in [0.15, 0.2) is 42.9 Å². The summed E-state index contributed by atoms with van der Waals surface area (Å²) >= 11 is 0. The predicted octanol–water partition coefficient (Wildman–Crippen LogP) is 2.04. The number of aromatic nitrogens is 2. The van der Waals surface area contributed by atoms with Crippen LogP contribution in [0.3, 0.4) is 0 Å². The predicted molar refractivity (Wildman–Crippen MR) is 75.9 cm³/mol. The molecule has 1 saturated heterocycles. The minimum atomic E-state index is -0.0950. The number of carbonyl (C=O) groups is 1. The first-order valence-corrected chi connectivity index (χ1v) is 6.69. The van der Waals surface area contributed by atoms with E-state index in [1.165, 1.54) is 0 Å². The number of carbonyl (C=O) groups excluding carboxylic acids is 1. The van der Waals surface area contributed by atoms with Gasteiger partial charge in [-0.3, -0.25) is 9.78 Å². The van der Waals surface area contributed by atoms with Crippen LogP contribution in [0.2, 0.25) is 0 Å². The van der Waals surface area contributed by atoms with Gasteiger partial charge >= 0.3 is 0 Å². The summed E-state index contributed by atoms with van der Waals surface area (Å²) in [5, 5.41) is 0. The lowest BCUT2D eigenvalue weighted by Crippen LogP contribution is -2.31. The van der Waals surface area contributed by atoms with Crippen molar-refractivity contribution in [3.8, 4) is 0 Å². The van der Waals surface area contributed by atoms with Gasteiger partial charge in [0.25, 0.3) is 5.91 Å². The van der Waals surface area contributed by atoms with Gasteiger partial charge < -0.3 is 10.6 Å². The first-order valence-electron chi connectivity index (χ1n) is 6.69. The molecule has 2 N–H and O–H groups in total. The van der Waals surface area contributed by atoms with Crippen molar-refractivity contribution in [2.24, 2.45) is 0 Å². The second kappa shape index (κ2) is 5.28. The highest BCUT2D eigenvalue weighted by molar-refractivity contribution is 5.97. The van der Waals surface area contributed by atoms with Crippen LogP contribution in [0.4, 0.5) is 5.69 Å². The van der Waals surface area contributed by atoms with Crippen LogP contribution in [-0.2, 0) is 0 Å². The molecular formula is C15H16N4O. The van der Waals surface area contributed by atoms with E-state index < -0.39 is 0 Å². The second-order valence-corrected chi connectivity index (χ2v) is 4.88. The molecule has 5 heteroatoms. The molecular weight excluding hydrogens is 252 g/mol. The van der Waals surface area contributed by atoms with Gasteiger partial charge in [0.1, 0.15) is 0 Å². The number of amides is 1. The molecule has 1 atom stereocenters. The van der Waals surface area contributed by atoms with E-state index in [2.05, 4.69) is 9.97 Å². The van der Waals surface area contributed by atoms with Gasteiger partial charge in [-0.1, -0.05) is 0 Å². The Morgan fingerprint density at radius 1 is 1.25 bits per heavy atom. The maximum atomic E-state index is 12.6. The van der Waals surface area contributed by atoms with Crippen LogP contribution in [-0.4, -0.2) is 27.3 Å². The zero-order valence-electron chi connectivity index (χ0n) is 11.1.